The van der Waals surface area contributed by atoms with Crippen LogP contribution in [0.3, 0.4) is 0 Å². The third-order valence-electron chi connectivity index (χ3n) is 2.98. The number of carbonyl (C=O) groups is 1. The van der Waals surface area contributed by atoms with Crippen molar-refractivity contribution in [3.63, 3.8) is 0 Å². The first kappa shape index (κ1) is 12.8. The van der Waals surface area contributed by atoms with Crippen molar-refractivity contribution in [3.05, 3.63) is 0 Å². The smallest absolute Gasteiger partial charge is 0.224 e. The molecule has 0 aromatic carbocycles. The highest BCUT2D eigenvalue weighted by molar-refractivity contribution is 6.19. The molecule has 0 radical (unpaired) electrons. The van der Waals surface area contributed by atoms with Crippen LogP contribution in [0.5, 0.6) is 0 Å². The standard InChI is InChI=1S/C11H21ClN2O/c1-3-14-6-4-5-10(8-14)13-11(15)9(2)7-12/h9-10H,3-8H2,1-2H3,(H,13,15). The van der Waals surface area contributed by atoms with Crippen molar-refractivity contribution in [1.82, 2.24) is 10.2 Å². The molecule has 0 spiro atoms. The molecule has 1 aliphatic heterocycles. The van der Waals surface area contributed by atoms with E-state index in [9.17, 15) is 4.79 Å². The van der Waals surface area contributed by atoms with Crippen molar-refractivity contribution in [1.29, 1.82) is 0 Å². The summed E-state index contributed by atoms with van der Waals surface area (Å²) in [6.45, 7) is 7.23. The van der Waals surface area contributed by atoms with Gasteiger partial charge in [0.2, 0.25) is 5.91 Å². The summed E-state index contributed by atoms with van der Waals surface area (Å²) in [5.41, 5.74) is 0. The Morgan fingerprint density at radius 3 is 3.00 bits per heavy atom. The second kappa shape index (κ2) is 6.33. The predicted molar refractivity (Wildman–Crippen MR) is 63.2 cm³/mol. The van der Waals surface area contributed by atoms with Gasteiger partial charge in [-0.05, 0) is 25.9 Å². The van der Waals surface area contributed by atoms with Crippen LogP contribution in [0.4, 0.5) is 0 Å². The Hall–Kier alpha value is -0.280. The third kappa shape index (κ3) is 3.99. The number of carbonyl (C=O) groups excluding carboxylic acids is 1. The Kier molecular flexibility index (Phi) is 5.40. The third-order valence-corrected chi connectivity index (χ3v) is 3.44. The normalized spacial score (nSPS) is 24.9. The number of alkyl halides is 1. The van der Waals surface area contributed by atoms with Gasteiger partial charge in [-0.3, -0.25) is 4.79 Å². The molecule has 1 amide bonds. The number of amides is 1. The molecule has 1 heterocycles. The van der Waals surface area contributed by atoms with E-state index in [-0.39, 0.29) is 11.8 Å². The van der Waals surface area contributed by atoms with Crippen molar-refractivity contribution in [2.45, 2.75) is 32.7 Å². The summed E-state index contributed by atoms with van der Waals surface area (Å²) in [6.07, 6.45) is 2.27. The highest BCUT2D eigenvalue weighted by atomic mass is 35.5. The van der Waals surface area contributed by atoms with Crippen LogP contribution in [0.15, 0.2) is 0 Å². The van der Waals surface area contributed by atoms with Crippen molar-refractivity contribution in [2.24, 2.45) is 5.92 Å². The summed E-state index contributed by atoms with van der Waals surface area (Å²) < 4.78 is 0. The van der Waals surface area contributed by atoms with E-state index in [1.54, 1.807) is 0 Å². The van der Waals surface area contributed by atoms with Gasteiger partial charge in [0.15, 0.2) is 0 Å². The van der Waals surface area contributed by atoms with E-state index in [0.717, 1.165) is 26.1 Å². The van der Waals surface area contributed by atoms with Gasteiger partial charge in [0.05, 0.1) is 0 Å². The highest BCUT2D eigenvalue weighted by Gasteiger charge is 2.21. The summed E-state index contributed by atoms with van der Waals surface area (Å²) in [5.74, 6) is 0.410. The molecule has 2 unspecified atom stereocenters. The number of hydrogen-bond acceptors (Lipinski definition) is 2. The summed E-state index contributed by atoms with van der Waals surface area (Å²) in [4.78, 5) is 14.0. The fourth-order valence-electron chi connectivity index (χ4n) is 1.87. The maximum Gasteiger partial charge on any atom is 0.224 e. The molecule has 0 saturated carbocycles. The summed E-state index contributed by atoms with van der Waals surface area (Å²) in [6, 6.07) is 0.317. The number of hydrogen-bond donors (Lipinski definition) is 1. The summed E-state index contributed by atoms with van der Waals surface area (Å²) in [7, 11) is 0. The van der Waals surface area contributed by atoms with Crippen LogP contribution in [0, 0.1) is 5.92 Å². The van der Waals surface area contributed by atoms with Gasteiger partial charge >= 0.3 is 0 Å². The van der Waals surface area contributed by atoms with Crippen molar-refractivity contribution >= 4 is 17.5 Å². The van der Waals surface area contributed by atoms with Crippen LogP contribution >= 0.6 is 11.6 Å². The van der Waals surface area contributed by atoms with Crippen LogP contribution in [-0.2, 0) is 4.79 Å². The molecule has 4 heteroatoms. The minimum atomic E-state index is -0.0799. The fourth-order valence-corrected chi connectivity index (χ4v) is 2.01. The average Bonchev–Trinajstić information content (AvgIpc) is 2.28. The molecule has 0 aliphatic carbocycles. The fraction of sp³-hybridized carbons (Fsp3) is 0.909. The van der Waals surface area contributed by atoms with Crippen LogP contribution < -0.4 is 5.32 Å². The van der Waals surface area contributed by atoms with Gasteiger partial charge in [-0.25, -0.2) is 0 Å². The highest BCUT2D eigenvalue weighted by Crippen LogP contribution is 2.10. The zero-order valence-corrected chi connectivity index (χ0v) is 10.4. The van der Waals surface area contributed by atoms with Gasteiger partial charge in [-0.15, -0.1) is 11.6 Å². The molecule has 2 atom stereocenters. The van der Waals surface area contributed by atoms with Crippen LogP contribution in [0.1, 0.15) is 26.7 Å². The maximum atomic E-state index is 11.6. The second-order valence-corrected chi connectivity index (χ2v) is 4.60. The van der Waals surface area contributed by atoms with Gasteiger partial charge < -0.3 is 10.2 Å². The largest absolute Gasteiger partial charge is 0.352 e. The Bertz CT molecular complexity index is 211. The van der Waals surface area contributed by atoms with Crippen LogP contribution in [-0.4, -0.2) is 42.4 Å². The molecule has 1 fully saturated rings. The van der Waals surface area contributed by atoms with Crippen LogP contribution in [0.2, 0.25) is 0 Å². The molecular weight excluding hydrogens is 212 g/mol. The maximum absolute atomic E-state index is 11.6. The molecule has 1 rings (SSSR count). The number of halogens is 1. The molecule has 15 heavy (non-hydrogen) atoms. The Morgan fingerprint density at radius 1 is 1.67 bits per heavy atom. The van der Waals surface area contributed by atoms with Gasteiger partial charge in [0.1, 0.15) is 0 Å². The average molecular weight is 233 g/mol. The number of likely N-dealkylation sites (tertiary alicyclic amines) is 1. The Balaban J connectivity index is 2.34. The van der Waals surface area contributed by atoms with Gasteiger partial charge in [0, 0.05) is 24.4 Å². The lowest BCUT2D eigenvalue weighted by Crippen LogP contribution is -2.48. The minimum absolute atomic E-state index is 0.0799. The van der Waals surface area contributed by atoms with E-state index < -0.39 is 0 Å². The molecule has 0 aromatic heterocycles. The van der Waals surface area contributed by atoms with Crippen LogP contribution in [0.25, 0.3) is 0 Å². The predicted octanol–water partition coefficient (Wildman–Crippen LogP) is 1.46. The molecule has 0 aromatic rings. The zero-order valence-electron chi connectivity index (χ0n) is 9.63. The SMILES string of the molecule is CCN1CCCC(NC(=O)C(C)CCl)C1. The number of likely N-dealkylation sites (N-methyl/N-ethyl adjacent to an activating group) is 1. The van der Waals surface area contributed by atoms with E-state index in [2.05, 4.69) is 17.1 Å². The van der Waals surface area contributed by atoms with E-state index in [1.165, 1.54) is 6.42 Å². The number of rotatable bonds is 4. The van der Waals surface area contributed by atoms with E-state index in [1.807, 2.05) is 6.92 Å². The molecular formula is C11H21ClN2O. The summed E-state index contributed by atoms with van der Waals surface area (Å²) >= 11 is 5.65. The minimum Gasteiger partial charge on any atom is -0.352 e. The number of nitrogens with zero attached hydrogens (tertiary/aromatic N) is 1. The topological polar surface area (TPSA) is 32.3 Å². The monoisotopic (exact) mass is 232 g/mol. The molecule has 1 saturated heterocycles. The Labute approximate surface area is 97.2 Å². The van der Waals surface area contributed by atoms with E-state index in [4.69, 9.17) is 11.6 Å². The van der Waals surface area contributed by atoms with Crippen molar-refractivity contribution in [3.8, 4) is 0 Å². The second-order valence-electron chi connectivity index (χ2n) is 4.30. The lowest BCUT2D eigenvalue weighted by Gasteiger charge is -2.32. The number of piperidine rings is 1. The molecule has 1 aliphatic rings. The van der Waals surface area contributed by atoms with Gasteiger partial charge in [-0.2, -0.15) is 0 Å². The first-order chi connectivity index (χ1) is 7.17. The van der Waals surface area contributed by atoms with E-state index >= 15 is 0 Å². The summed E-state index contributed by atoms with van der Waals surface area (Å²) in [5, 5.41) is 3.07. The molecule has 3 nitrogen and oxygen atoms in total. The number of nitrogens with one attached hydrogen (secondary N) is 1. The zero-order chi connectivity index (χ0) is 11.3. The van der Waals surface area contributed by atoms with Crippen molar-refractivity contribution < 1.29 is 4.79 Å². The van der Waals surface area contributed by atoms with E-state index in [0.29, 0.717) is 11.9 Å². The first-order valence-electron chi connectivity index (χ1n) is 5.76. The lowest BCUT2D eigenvalue weighted by molar-refractivity contribution is -0.124. The molecule has 88 valence electrons. The van der Waals surface area contributed by atoms with Gasteiger partial charge in [0.25, 0.3) is 0 Å². The Morgan fingerprint density at radius 2 is 2.40 bits per heavy atom. The quantitative estimate of drug-likeness (QED) is 0.745. The van der Waals surface area contributed by atoms with Gasteiger partial charge in [-0.1, -0.05) is 13.8 Å². The van der Waals surface area contributed by atoms with Crippen molar-refractivity contribution in [2.75, 3.05) is 25.5 Å². The first-order valence-corrected chi connectivity index (χ1v) is 6.29. The molecule has 1 N–H and O–H groups in total. The molecule has 0 bridgehead atoms. The lowest BCUT2D eigenvalue weighted by atomic mass is 10.0.